The van der Waals surface area contributed by atoms with Gasteiger partial charge in [-0.3, -0.25) is 0 Å². The number of halogens is 10. The molecule has 2 aromatic carbocycles. The molecule has 0 unspecified atom stereocenters. The maximum absolute atomic E-state index is 14.2. The predicted octanol–water partition coefficient (Wildman–Crippen LogP) is 3.93. The molecule has 0 amide bonds. The third-order valence-corrected chi connectivity index (χ3v) is 15.6. The molecular weight excluding hydrogens is 510 g/mol. The Labute approximate surface area is 146 Å². The van der Waals surface area contributed by atoms with Crippen LogP contribution in [0.2, 0.25) is 0 Å². The first-order chi connectivity index (χ1) is 11.5. The van der Waals surface area contributed by atoms with Crippen LogP contribution in [0.3, 0.4) is 0 Å². The van der Waals surface area contributed by atoms with E-state index in [1.54, 1.807) is 0 Å². The molecule has 0 bridgehead atoms. The molecular formula is C14H4Cl2F8Sn. The van der Waals surface area contributed by atoms with Crippen LogP contribution in [0.1, 0.15) is 11.1 Å². The summed E-state index contributed by atoms with van der Waals surface area (Å²) in [4.78, 5) is 0. The van der Waals surface area contributed by atoms with Gasteiger partial charge in [0, 0.05) is 0 Å². The molecule has 0 saturated heterocycles. The van der Waals surface area contributed by atoms with Crippen LogP contribution in [0.15, 0.2) is 0 Å². The predicted molar refractivity (Wildman–Crippen MR) is 76.7 cm³/mol. The van der Waals surface area contributed by atoms with Crippen molar-refractivity contribution < 1.29 is 35.1 Å². The molecule has 0 radical (unpaired) electrons. The third-order valence-electron chi connectivity index (χ3n) is 3.98. The van der Waals surface area contributed by atoms with E-state index in [0.717, 1.165) is 0 Å². The monoisotopic (exact) mass is 514 g/mol. The van der Waals surface area contributed by atoms with Crippen molar-refractivity contribution in [3.8, 4) is 0 Å². The minimum absolute atomic E-state index is 0.665. The first kappa shape index (κ1) is 19.0. The van der Waals surface area contributed by atoms with E-state index in [-0.39, 0.29) is 0 Å². The summed E-state index contributed by atoms with van der Waals surface area (Å²) in [5, 5.41) is 0. The molecule has 0 aromatic heterocycles. The number of benzene rings is 2. The first-order valence-electron chi connectivity index (χ1n) is 6.60. The summed E-state index contributed by atoms with van der Waals surface area (Å²) >= 11 is -5.76. The van der Waals surface area contributed by atoms with Crippen molar-refractivity contribution in [3.63, 3.8) is 0 Å². The number of fused-ring (bicyclic) bond motifs is 2. The maximum atomic E-state index is 14.2. The Hall–Kier alpha value is -0.741. The van der Waals surface area contributed by atoms with E-state index in [4.69, 9.17) is 17.8 Å². The molecule has 134 valence electrons. The van der Waals surface area contributed by atoms with Crippen LogP contribution in [0.5, 0.6) is 0 Å². The molecule has 1 heterocycles. The van der Waals surface area contributed by atoms with E-state index in [9.17, 15) is 35.1 Å². The average Bonchev–Trinajstić information content (AvgIpc) is 2.68. The van der Waals surface area contributed by atoms with Gasteiger partial charge in [0.15, 0.2) is 0 Å². The summed E-state index contributed by atoms with van der Waals surface area (Å²) in [6.07, 6.45) is -1.33. The van der Waals surface area contributed by atoms with Gasteiger partial charge in [0.2, 0.25) is 0 Å². The Balaban J connectivity index is 2.49. The van der Waals surface area contributed by atoms with E-state index in [1.807, 2.05) is 0 Å². The second kappa shape index (κ2) is 6.16. The topological polar surface area (TPSA) is 0 Å². The zero-order valence-corrected chi connectivity index (χ0v) is 16.1. The Morgan fingerprint density at radius 2 is 0.760 bits per heavy atom. The van der Waals surface area contributed by atoms with Gasteiger partial charge in [0.1, 0.15) is 0 Å². The van der Waals surface area contributed by atoms with Gasteiger partial charge in [-0.15, -0.1) is 0 Å². The van der Waals surface area contributed by atoms with Crippen molar-refractivity contribution in [2.24, 2.45) is 0 Å². The molecule has 0 atom stereocenters. The van der Waals surface area contributed by atoms with Crippen molar-refractivity contribution in [1.82, 2.24) is 0 Å². The summed E-state index contributed by atoms with van der Waals surface area (Å²) in [6, 6.07) is 0. The molecule has 2 aromatic rings. The van der Waals surface area contributed by atoms with Crippen molar-refractivity contribution in [3.05, 3.63) is 57.7 Å². The Morgan fingerprint density at radius 1 is 0.480 bits per heavy atom. The van der Waals surface area contributed by atoms with Crippen LogP contribution >= 0.6 is 17.8 Å². The first-order valence-corrected chi connectivity index (χ1v) is 16.7. The van der Waals surface area contributed by atoms with Crippen LogP contribution in [0, 0.1) is 46.5 Å². The van der Waals surface area contributed by atoms with E-state index < -0.39 is 93.8 Å². The standard InChI is InChI=1S/C14H4F8.2ClH.Sn/c15-7-3-5(9(17)13(21)11(7)19)1-2-6-4-8(16)12(20)14(22)10(6)18;;;/h1-2H2;2*1H;/q;;;+2/p-2. The van der Waals surface area contributed by atoms with E-state index in [2.05, 4.69) is 0 Å². The van der Waals surface area contributed by atoms with Crippen LogP contribution < -0.4 is 7.16 Å². The van der Waals surface area contributed by atoms with Crippen LogP contribution in [0.25, 0.3) is 0 Å². The quantitative estimate of drug-likeness (QED) is 0.217. The van der Waals surface area contributed by atoms with Gasteiger partial charge in [-0.1, -0.05) is 0 Å². The fourth-order valence-corrected chi connectivity index (χ4v) is 14.6. The second-order valence-electron chi connectivity index (χ2n) is 5.29. The normalized spacial score (nSPS) is 15.6. The number of hydrogen-bond acceptors (Lipinski definition) is 0. The molecule has 0 aliphatic carbocycles. The molecule has 0 saturated carbocycles. The minimum atomic E-state index is -5.76. The summed E-state index contributed by atoms with van der Waals surface area (Å²) in [5.74, 6) is -16.3. The van der Waals surface area contributed by atoms with Crippen LogP contribution in [-0.4, -0.2) is 16.1 Å². The molecule has 11 heteroatoms. The third kappa shape index (κ3) is 2.55. The zero-order valence-electron chi connectivity index (χ0n) is 11.7. The molecule has 3 rings (SSSR count). The van der Waals surface area contributed by atoms with Crippen molar-refractivity contribution in [2.75, 3.05) is 0 Å². The fraction of sp³-hybridized carbons (Fsp3) is 0.143. The van der Waals surface area contributed by atoms with Gasteiger partial charge >= 0.3 is 147 Å². The van der Waals surface area contributed by atoms with E-state index in [1.165, 1.54) is 0 Å². The van der Waals surface area contributed by atoms with E-state index in [0.29, 0.717) is 0 Å². The molecule has 0 fully saturated rings. The molecule has 1 aliphatic rings. The van der Waals surface area contributed by atoms with Crippen LogP contribution in [-0.2, 0) is 12.8 Å². The Bertz CT molecular complexity index is 855. The number of hydrogen-bond donors (Lipinski definition) is 0. The van der Waals surface area contributed by atoms with Crippen molar-refractivity contribution in [1.29, 1.82) is 0 Å². The summed E-state index contributed by atoms with van der Waals surface area (Å²) in [6.45, 7) is 0. The van der Waals surface area contributed by atoms with Gasteiger partial charge in [-0.25, -0.2) is 0 Å². The summed E-state index contributed by atoms with van der Waals surface area (Å²) in [5.41, 5.74) is -1.60. The fourth-order valence-electron chi connectivity index (χ4n) is 2.85. The molecule has 0 nitrogen and oxygen atoms in total. The Morgan fingerprint density at radius 3 is 1.08 bits per heavy atom. The van der Waals surface area contributed by atoms with E-state index >= 15 is 0 Å². The summed E-state index contributed by atoms with van der Waals surface area (Å²) < 4.78 is 109. The van der Waals surface area contributed by atoms with Crippen molar-refractivity contribution in [2.45, 2.75) is 12.8 Å². The van der Waals surface area contributed by atoms with Gasteiger partial charge in [-0.05, 0) is 0 Å². The summed E-state index contributed by atoms with van der Waals surface area (Å²) in [7, 11) is 12.0. The molecule has 1 aliphatic heterocycles. The SMILES string of the molecule is Fc1c(F)c(F)[c]2c(c1F)CCc1c(F)c(F)c(F)c(F)[c]1[Sn]2([Cl])[Cl]. The van der Waals surface area contributed by atoms with Gasteiger partial charge in [-0.2, -0.15) is 0 Å². The van der Waals surface area contributed by atoms with Crippen LogP contribution in [0.4, 0.5) is 35.1 Å². The van der Waals surface area contributed by atoms with Crippen molar-refractivity contribution >= 4 is 41.1 Å². The van der Waals surface area contributed by atoms with Gasteiger partial charge in [0.25, 0.3) is 0 Å². The molecule has 0 spiro atoms. The van der Waals surface area contributed by atoms with Gasteiger partial charge < -0.3 is 0 Å². The average molecular weight is 514 g/mol. The Kier molecular flexibility index (Phi) is 4.69. The molecule has 25 heavy (non-hydrogen) atoms. The molecule has 0 N–H and O–H groups in total. The second-order valence-corrected chi connectivity index (χ2v) is 20.3. The zero-order chi connectivity index (χ0) is 18.8. The van der Waals surface area contributed by atoms with Gasteiger partial charge in [0.05, 0.1) is 0 Å². The number of rotatable bonds is 0.